The van der Waals surface area contributed by atoms with Crippen molar-refractivity contribution in [2.75, 3.05) is 5.73 Å². The van der Waals surface area contributed by atoms with Crippen molar-refractivity contribution in [3.05, 3.63) is 99.9 Å². The van der Waals surface area contributed by atoms with Gasteiger partial charge in [0.2, 0.25) is 11.8 Å². The molecule has 0 spiro atoms. The Morgan fingerprint density at radius 3 is 2.68 bits per heavy atom. The van der Waals surface area contributed by atoms with Crippen LogP contribution in [0.4, 0.5) is 10.3 Å². The maximum Gasteiger partial charge on any atom is 0.270 e. The first-order valence-corrected chi connectivity index (χ1v) is 11.6. The van der Waals surface area contributed by atoms with Crippen LogP contribution in [0.15, 0.2) is 59.9 Å². The Hall–Kier alpha value is -4.80. The number of carbonyl (C=O) groups excluding carboxylic acids is 2. The number of hydroxylamine groups is 1. The fraction of sp³-hybridized carbons (Fsp3) is 0.192. The van der Waals surface area contributed by atoms with Crippen molar-refractivity contribution in [1.29, 1.82) is 0 Å². The number of aliphatic imine (C=N–C) groups is 1. The number of rotatable bonds is 6. The Labute approximate surface area is 211 Å². The highest BCUT2D eigenvalue weighted by Gasteiger charge is 2.27. The SMILES string of the molecule is C=C1N=C(c2ccc3c(c2)CC[C@@H]3NC(=O)c2cc(C(=O)NCc3ccc(F)c(C)c3)nc(N)n2)NO1. The molecule has 2 aromatic carbocycles. The number of amidine groups is 1. The number of nitrogens with zero attached hydrogens (tertiary/aromatic N) is 3. The number of aromatic nitrogens is 2. The van der Waals surface area contributed by atoms with Crippen LogP contribution in [0.1, 0.15) is 61.3 Å². The number of amides is 2. The van der Waals surface area contributed by atoms with E-state index < -0.39 is 11.8 Å². The molecule has 3 aromatic rings. The molecule has 0 unspecified atom stereocenters. The number of fused-ring (bicyclic) bond motifs is 1. The first-order chi connectivity index (χ1) is 17.8. The van der Waals surface area contributed by atoms with Crippen molar-refractivity contribution >= 4 is 23.6 Å². The summed E-state index contributed by atoms with van der Waals surface area (Å²) in [6, 6.07) is 11.5. The summed E-state index contributed by atoms with van der Waals surface area (Å²) in [5.74, 6) is -0.633. The van der Waals surface area contributed by atoms with Crippen molar-refractivity contribution in [1.82, 2.24) is 26.1 Å². The molecule has 2 aliphatic rings. The number of benzene rings is 2. The number of hydrogen-bond acceptors (Lipinski definition) is 8. The van der Waals surface area contributed by atoms with Gasteiger partial charge in [0.1, 0.15) is 17.2 Å². The van der Waals surface area contributed by atoms with E-state index in [-0.39, 0.29) is 35.7 Å². The van der Waals surface area contributed by atoms with Crippen LogP contribution in [-0.4, -0.2) is 27.6 Å². The van der Waals surface area contributed by atoms with Crippen LogP contribution in [0, 0.1) is 12.7 Å². The van der Waals surface area contributed by atoms with Gasteiger partial charge in [-0.05, 0) is 60.7 Å². The highest BCUT2D eigenvalue weighted by Crippen LogP contribution is 2.32. The van der Waals surface area contributed by atoms with Crippen LogP contribution in [0.25, 0.3) is 0 Å². The van der Waals surface area contributed by atoms with Crippen LogP contribution >= 0.6 is 0 Å². The summed E-state index contributed by atoms with van der Waals surface area (Å²) in [6.45, 7) is 5.46. The highest BCUT2D eigenvalue weighted by molar-refractivity contribution is 6.00. The fourth-order valence-corrected chi connectivity index (χ4v) is 4.34. The van der Waals surface area contributed by atoms with E-state index in [1.165, 1.54) is 12.1 Å². The summed E-state index contributed by atoms with van der Waals surface area (Å²) in [7, 11) is 0. The maximum absolute atomic E-state index is 13.5. The Morgan fingerprint density at radius 2 is 1.95 bits per heavy atom. The first-order valence-electron chi connectivity index (χ1n) is 11.6. The molecule has 0 saturated carbocycles. The van der Waals surface area contributed by atoms with Gasteiger partial charge < -0.3 is 21.2 Å². The molecule has 11 heteroatoms. The van der Waals surface area contributed by atoms with Crippen LogP contribution in [0.3, 0.4) is 0 Å². The molecule has 1 atom stereocenters. The van der Waals surface area contributed by atoms with Gasteiger partial charge >= 0.3 is 0 Å². The number of anilines is 1. The molecule has 37 heavy (non-hydrogen) atoms. The smallest absolute Gasteiger partial charge is 0.270 e. The summed E-state index contributed by atoms with van der Waals surface area (Å²) in [5.41, 5.74) is 12.6. The molecule has 188 valence electrons. The number of halogens is 1. The second-order valence-electron chi connectivity index (χ2n) is 8.80. The molecule has 1 aliphatic carbocycles. The highest BCUT2D eigenvalue weighted by atomic mass is 19.1. The van der Waals surface area contributed by atoms with Gasteiger partial charge in [-0.1, -0.05) is 24.3 Å². The number of nitrogens with one attached hydrogen (secondary N) is 3. The number of aryl methyl sites for hydroxylation is 2. The number of nitrogens with two attached hydrogens (primary N) is 1. The van der Waals surface area contributed by atoms with Crippen molar-refractivity contribution in [3.8, 4) is 0 Å². The summed E-state index contributed by atoms with van der Waals surface area (Å²) < 4.78 is 13.5. The van der Waals surface area contributed by atoms with E-state index in [9.17, 15) is 14.0 Å². The summed E-state index contributed by atoms with van der Waals surface area (Å²) >= 11 is 0. The number of carbonyl (C=O) groups is 2. The second kappa shape index (κ2) is 9.69. The van der Waals surface area contributed by atoms with E-state index in [4.69, 9.17) is 10.6 Å². The quantitative estimate of drug-likeness (QED) is 0.406. The van der Waals surface area contributed by atoms with Crippen LogP contribution in [0.2, 0.25) is 0 Å². The lowest BCUT2D eigenvalue weighted by Gasteiger charge is -2.15. The van der Waals surface area contributed by atoms with E-state index in [1.54, 1.807) is 19.1 Å². The van der Waals surface area contributed by atoms with Gasteiger partial charge in [0, 0.05) is 18.2 Å². The number of nitrogen functional groups attached to an aromatic ring is 1. The molecule has 1 aromatic heterocycles. The van der Waals surface area contributed by atoms with E-state index in [0.29, 0.717) is 23.7 Å². The van der Waals surface area contributed by atoms with Crippen molar-refractivity contribution < 1.29 is 18.8 Å². The Kier molecular flexibility index (Phi) is 6.26. The molecule has 0 saturated heterocycles. The second-order valence-corrected chi connectivity index (χ2v) is 8.80. The monoisotopic (exact) mass is 501 g/mol. The van der Waals surface area contributed by atoms with Gasteiger partial charge in [0.15, 0.2) is 5.84 Å². The zero-order valence-corrected chi connectivity index (χ0v) is 20.0. The molecule has 0 radical (unpaired) electrons. The standard InChI is InChI=1S/C26H24FN7O3/c1-13-9-15(3-7-19(13)27)12-29-24(35)21-11-22(33-26(28)32-21)25(36)31-20-8-5-16-10-17(4-6-18(16)20)23-30-14(2)37-34-23/h3-4,6-7,9-11,20H,2,5,8,12H2,1H3,(H,29,35)(H,30,34)(H,31,36)(H2,28,32,33)/t20-/m0/s1. The summed E-state index contributed by atoms with van der Waals surface area (Å²) in [4.78, 5) is 42.9. The van der Waals surface area contributed by atoms with Crippen LogP contribution in [0.5, 0.6) is 0 Å². The lowest BCUT2D eigenvalue weighted by atomic mass is 10.0. The third kappa shape index (κ3) is 5.10. The van der Waals surface area contributed by atoms with E-state index in [0.717, 1.165) is 28.7 Å². The van der Waals surface area contributed by atoms with Crippen LogP contribution < -0.4 is 21.8 Å². The Balaban J connectivity index is 1.27. The van der Waals surface area contributed by atoms with E-state index >= 15 is 0 Å². The molecule has 5 rings (SSSR count). The van der Waals surface area contributed by atoms with Gasteiger partial charge in [-0.3, -0.25) is 9.59 Å². The Morgan fingerprint density at radius 1 is 1.16 bits per heavy atom. The molecule has 2 amide bonds. The first kappa shape index (κ1) is 23.9. The predicted octanol–water partition coefficient (Wildman–Crippen LogP) is 2.61. The molecular weight excluding hydrogens is 477 g/mol. The third-order valence-corrected chi connectivity index (χ3v) is 6.19. The molecule has 0 fully saturated rings. The largest absolute Gasteiger partial charge is 0.368 e. The van der Waals surface area contributed by atoms with Gasteiger partial charge in [-0.25, -0.2) is 19.8 Å². The van der Waals surface area contributed by atoms with Gasteiger partial charge in [-0.15, -0.1) is 0 Å². The molecule has 0 bridgehead atoms. The molecule has 1 aliphatic heterocycles. The van der Waals surface area contributed by atoms with Crippen LogP contribution in [-0.2, 0) is 17.8 Å². The zero-order valence-electron chi connectivity index (χ0n) is 20.0. The van der Waals surface area contributed by atoms with Crippen molar-refractivity contribution in [3.63, 3.8) is 0 Å². The van der Waals surface area contributed by atoms with Gasteiger partial charge in [0.25, 0.3) is 11.8 Å². The topological polar surface area (TPSA) is 144 Å². The summed E-state index contributed by atoms with van der Waals surface area (Å²) in [5, 5.41) is 5.68. The average Bonchev–Trinajstić information content (AvgIpc) is 3.49. The minimum absolute atomic E-state index is 0.0134. The lowest BCUT2D eigenvalue weighted by Crippen LogP contribution is -2.30. The maximum atomic E-state index is 13.5. The molecule has 5 N–H and O–H groups in total. The minimum atomic E-state index is -0.529. The van der Waals surface area contributed by atoms with E-state index in [1.807, 2.05) is 18.2 Å². The summed E-state index contributed by atoms with van der Waals surface area (Å²) in [6.07, 6.45) is 1.48. The normalized spacial score (nSPS) is 15.9. The minimum Gasteiger partial charge on any atom is -0.368 e. The number of hydrogen-bond donors (Lipinski definition) is 4. The zero-order chi connectivity index (χ0) is 26.1. The lowest BCUT2D eigenvalue weighted by molar-refractivity contribution is 0.0931. The molecule has 10 nitrogen and oxygen atoms in total. The van der Waals surface area contributed by atoms with E-state index in [2.05, 4.69) is 37.7 Å². The van der Waals surface area contributed by atoms with Crippen molar-refractivity contribution in [2.24, 2.45) is 4.99 Å². The van der Waals surface area contributed by atoms with Crippen molar-refractivity contribution in [2.45, 2.75) is 32.4 Å². The third-order valence-electron chi connectivity index (χ3n) is 6.19. The molecule has 2 heterocycles. The van der Waals surface area contributed by atoms with Gasteiger partial charge in [0.05, 0.1) is 6.04 Å². The molecular formula is C26H24FN7O3. The predicted molar refractivity (Wildman–Crippen MR) is 134 cm³/mol. The average molecular weight is 502 g/mol. The van der Waals surface area contributed by atoms with Gasteiger partial charge in [-0.2, -0.15) is 4.99 Å². The fourth-order valence-electron chi connectivity index (χ4n) is 4.34. The Bertz CT molecular complexity index is 1470.